The first kappa shape index (κ1) is 16.4. The Morgan fingerprint density at radius 3 is 2.50 bits per heavy atom. The highest BCUT2D eigenvalue weighted by Crippen LogP contribution is 2.30. The number of H-pyrrole nitrogens is 1. The summed E-state index contributed by atoms with van der Waals surface area (Å²) in [5.74, 6) is 0. The number of aromatic nitrogens is 1. The second-order valence-electron chi connectivity index (χ2n) is 7.01. The number of rotatable bonds is 2. The van der Waals surface area contributed by atoms with Crippen LogP contribution in [0.15, 0.2) is 24.4 Å². The van der Waals surface area contributed by atoms with Gasteiger partial charge in [0, 0.05) is 48.8 Å². The van der Waals surface area contributed by atoms with Crippen molar-refractivity contribution in [2.75, 3.05) is 31.1 Å². The lowest BCUT2D eigenvalue weighted by atomic mass is 10.1. The molecule has 2 aromatic rings. The summed E-state index contributed by atoms with van der Waals surface area (Å²) in [6.07, 6.45) is 2.49. The van der Waals surface area contributed by atoms with Gasteiger partial charge in [-0.3, -0.25) is 4.79 Å². The van der Waals surface area contributed by atoms with Crippen LogP contribution >= 0.6 is 0 Å². The fourth-order valence-electron chi connectivity index (χ4n) is 3.02. The maximum Gasteiger partial charge on any atom is 0.410 e. The molecule has 2 heterocycles. The van der Waals surface area contributed by atoms with E-state index in [1.54, 1.807) is 4.90 Å². The Labute approximate surface area is 141 Å². The molecule has 1 amide bonds. The second-order valence-corrected chi connectivity index (χ2v) is 7.01. The van der Waals surface area contributed by atoms with E-state index in [0.29, 0.717) is 31.7 Å². The molecule has 24 heavy (non-hydrogen) atoms. The zero-order chi connectivity index (χ0) is 17.3. The minimum atomic E-state index is -0.490. The molecule has 1 aliphatic rings. The summed E-state index contributed by atoms with van der Waals surface area (Å²) in [5, 5.41) is 1.03. The van der Waals surface area contributed by atoms with E-state index in [-0.39, 0.29) is 6.09 Å². The van der Waals surface area contributed by atoms with Crippen molar-refractivity contribution in [1.82, 2.24) is 9.88 Å². The predicted molar refractivity (Wildman–Crippen MR) is 93.7 cm³/mol. The Balaban J connectivity index is 1.77. The smallest absolute Gasteiger partial charge is 0.410 e. The molecule has 1 fully saturated rings. The maximum absolute atomic E-state index is 12.2. The Hall–Kier alpha value is -2.50. The normalized spacial score (nSPS) is 15.6. The zero-order valence-corrected chi connectivity index (χ0v) is 14.3. The molecule has 6 nitrogen and oxygen atoms in total. The van der Waals surface area contributed by atoms with Crippen molar-refractivity contribution in [1.29, 1.82) is 0 Å². The highest BCUT2D eigenvalue weighted by Gasteiger charge is 2.27. The number of nitrogens with one attached hydrogen (secondary N) is 1. The molecule has 0 bridgehead atoms. The summed E-state index contributed by atoms with van der Waals surface area (Å²) in [6, 6.07) is 5.73. The van der Waals surface area contributed by atoms with Crippen molar-refractivity contribution in [3.05, 3.63) is 30.0 Å². The third-order valence-corrected chi connectivity index (χ3v) is 4.11. The van der Waals surface area contributed by atoms with Crippen molar-refractivity contribution in [2.45, 2.75) is 26.4 Å². The van der Waals surface area contributed by atoms with Gasteiger partial charge in [-0.05, 0) is 39.0 Å². The van der Waals surface area contributed by atoms with Crippen LogP contribution in [0.5, 0.6) is 0 Å². The minimum absolute atomic E-state index is 0.280. The summed E-state index contributed by atoms with van der Waals surface area (Å²) in [5.41, 5.74) is 2.13. The average Bonchev–Trinajstić information content (AvgIpc) is 3.01. The Bertz CT molecular complexity index is 752. The predicted octanol–water partition coefficient (Wildman–Crippen LogP) is 3.04. The highest BCUT2D eigenvalue weighted by atomic mass is 16.6. The van der Waals surface area contributed by atoms with Gasteiger partial charge < -0.3 is 19.5 Å². The lowest BCUT2D eigenvalue weighted by Crippen LogP contribution is -2.50. The fraction of sp³-hybridized carbons (Fsp3) is 0.444. The van der Waals surface area contributed by atoms with Crippen LogP contribution in [0.2, 0.25) is 0 Å². The van der Waals surface area contributed by atoms with Crippen LogP contribution in [-0.2, 0) is 4.74 Å². The van der Waals surface area contributed by atoms with Crippen molar-refractivity contribution in [3.8, 4) is 0 Å². The summed E-state index contributed by atoms with van der Waals surface area (Å²) < 4.78 is 5.43. The Morgan fingerprint density at radius 1 is 1.17 bits per heavy atom. The molecule has 1 aromatic carbocycles. The second kappa shape index (κ2) is 6.19. The molecule has 1 N–H and O–H groups in total. The van der Waals surface area contributed by atoms with Gasteiger partial charge in [0.05, 0.1) is 5.69 Å². The van der Waals surface area contributed by atoms with Crippen molar-refractivity contribution >= 4 is 29.0 Å². The summed E-state index contributed by atoms with van der Waals surface area (Å²) in [4.78, 5) is 30.7. The minimum Gasteiger partial charge on any atom is -0.444 e. The first-order chi connectivity index (χ1) is 11.4. The van der Waals surface area contributed by atoms with Gasteiger partial charge in [0.25, 0.3) is 0 Å². The average molecular weight is 329 g/mol. The van der Waals surface area contributed by atoms with Gasteiger partial charge >= 0.3 is 6.09 Å². The van der Waals surface area contributed by atoms with Crippen molar-refractivity contribution in [3.63, 3.8) is 0 Å². The largest absolute Gasteiger partial charge is 0.444 e. The van der Waals surface area contributed by atoms with Crippen LogP contribution in [0, 0.1) is 0 Å². The number of carbonyl (C=O) groups is 2. The van der Waals surface area contributed by atoms with E-state index >= 15 is 0 Å². The number of ether oxygens (including phenoxy) is 1. The van der Waals surface area contributed by atoms with Gasteiger partial charge in [-0.1, -0.05) is 0 Å². The number of amides is 1. The number of nitrogens with zero attached hydrogens (tertiary/aromatic N) is 2. The number of piperazine rings is 1. The first-order valence-electron chi connectivity index (χ1n) is 8.17. The van der Waals surface area contributed by atoms with Gasteiger partial charge in [0.1, 0.15) is 5.60 Å². The number of anilines is 1. The maximum atomic E-state index is 12.2. The summed E-state index contributed by atoms with van der Waals surface area (Å²) >= 11 is 0. The third-order valence-electron chi connectivity index (χ3n) is 4.11. The topological polar surface area (TPSA) is 65.6 Å². The number of aromatic amines is 1. The van der Waals surface area contributed by atoms with E-state index in [9.17, 15) is 9.59 Å². The van der Waals surface area contributed by atoms with Crippen LogP contribution in [-0.4, -0.2) is 54.0 Å². The molecule has 0 radical (unpaired) electrons. The molecule has 0 saturated carbocycles. The van der Waals surface area contributed by atoms with Gasteiger partial charge in [0.15, 0.2) is 6.29 Å². The van der Waals surface area contributed by atoms with E-state index in [0.717, 1.165) is 22.9 Å². The Kier molecular flexibility index (Phi) is 4.22. The third kappa shape index (κ3) is 3.22. The highest BCUT2D eigenvalue weighted by molar-refractivity contribution is 6.01. The first-order valence-corrected chi connectivity index (χ1v) is 8.17. The number of benzene rings is 1. The molecule has 6 heteroatoms. The molecule has 0 atom stereocenters. The quantitative estimate of drug-likeness (QED) is 0.860. The molecule has 1 aliphatic heterocycles. The van der Waals surface area contributed by atoms with E-state index in [1.807, 2.05) is 45.2 Å². The lowest BCUT2D eigenvalue weighted by Gasteiger charge is -2.37. The van der Waals surface area contributed by atoms with Crippen LogP contribution in [0.3, 0.4) is 0 Å². The monoisotopic (exact) mass is 329 g/mol. The van der Waals surface area contributed by atoms with Crippen LogP contribution < -0.4 is 4.90 Å². The number of fused-ring (bicyclic) bond motifs is 1. The van der Waals surface area contributed by atoms with Crippen molar-refractivity contribution in [2.24, 2.45) is 0 Å². The van der Waals surface area contributed by atoms with Gasteiger partial charge in [-0.25, -0.2) is 4.79 Å². The zero-order valence-electron chi connectivity index (χ0n) is 14.3. The summed E-state index contributed by atoms with van der Waals surface area (Å²) in [7, 11) is 0. The Morgan fingerprint density at radius 2 is 1.88 bits per heavy atom. The van der Waals surface area contributed by atoms with Crippen LogP contribution in [0.1, 0.15) is 31.1 Å². The van der Waals surface area contributed by atoms with Gasteiger partial charge in [0.2, 0.25) is 0 Å². The molecule has 0 spiro atoms. The van der Waals surface area contributed by atoms with E-state index < -0.39 is 5.60 Å². The number of aldehydes is 1. The van der Waals surface area contributed by atoms with E-state index in [1.165, 1.54) is 0 Å². The molecule has 1 aromatic heterocycles. The molecule has 0 aliphatic carbocycles. The van der Waals surface area contributed by atoms with E-state index in [4.69, 9.17) is 4.74 Å². The SMILES string of the molecule is CC(C)(C)OC(=O)N1CCN(c2c(C=O)ccc3[nH]ccc23)CC1. The lowest BCUT2D eigenvalue weighted by molar-refractivity contribution is 0.0240. The summed E-state index contributed by atoms with van der Waals surface area (Å²) in [6.45, 7) is 8.09. The molecule has 128 valence electrons. The van der Waals surface area contributed by atoms with E-state index in [2.05, 4.69) is 9.88 Å². The molecule has 3 rings (SSSR count). The number of hydrogen-bond acceptors (Lipinski definition) is 4. The standard InChI is InChI=1S/C18H23N3O3/c1-18(2,3)24-17(23)21-10-8-20(9-11-21)16-13(12-22)4-5-15-14(16)6-7-19-15/h4-7,12,19H,8-11H2,1-3H3. The van der Waals surface area contributed by atoms with Crippen LogP contribution in [0.4, 0.5) is 10.5 Å². The molecule has 1 saturated heterocycles. The van der Waals surface area contributed by atoms with Gasteiger partial charge in [-0.2, -0.15) is 0 Å². The van der Waals surface area contributed by atoms with Crippen LogP contribution in [0.25, 0.3) is 10.9 Å². The number of hydrogen-bond donors (Lipinski definition) is 1. The molecular formula is C18H23N3O3. The van der Waals surface area contributed by atoms with Crippen molar-refractivity contribution < 1.29 is 14.3 Å². The molecular weight excluding hydrogens is 306 g/mol. The fourth-order valence-corrected chi connectivity index (χ4v) is 3.02. The molecule has 0 unspecified atom stereocenters. The number of carbonyl (C=O) groups excluding carboxylic acids is 2. The van der Waals surface area contributed by atoms with Gasteiger partial charge in [-0.15, -0.1) is 0 Å².